The van der Waals surface area contributed by atoms with Crippen LogP contribution in [-0.4, -0.2) is 24.0 Å². The first-order valence-corrected chi connectivity index (χ1v) is 8.50. The number of carbonyl (C=O) groups is 1. The fraction of sp³-hybridized carbons (Fsp3) is 0.333. The number of hydrogen-bond acceptors (Lipinski definition) is 3. The average Bonchev–Trinajstić information content (AvgIpc) is 2.61. The summed E-state index contributed by atoms with van der Waals surface area (Å²) in [6, 6.07) is 4.91. The van der Waals surface area contributed by atoms with Crippen LogP contribution in [0.1, 0.15) is 18.4 Å². The van der Waals surface area contributed by atoms with Crippen LogP contribution >= 0.6 is 11.6 Å². The summed E-state index contributed by atoms with van der Waals surface area (Å²) in [6.45, 7) is 1.18. The van der Waals surface area contributed by atoms with Crippen LogP contribution in [0, 0.1) is 5.92 Å². The van der Waals surface area contributed by atoms with Crippen LogP contribution in [0.4, 0.5) is 18.9 Å². The Morgan fingerprint density at radius 2 is 1.77 bits per heavy atom. The van der Waals surface area contributed by atoms with E-state index < -0.39 is 11.7 Å². The Hall–Kier alpha value is -2.28. The molecule has 2 aromatic rings. The molecule has 1 fully saturated rings. The van der Waals surface area contributed by atoms with Crippen molar-refractivity contribution in [2.24, 2.45) is 11.7 Å². The van der Waals surface area contributed by atoms with E-state index >= 15 is 0 Å². The lowest BCUT2D eigenvalue weighted by atomic mass is 9.95. The summed E-state index contributed by atoms with van der Waals surface area (Å²) in [6.07, 6.45) is -0.0694. The van der Waals surface area contributed by atoms with Crippen LogP contribution in [0.25, 0.3) is 11.1 Å². The molecule has 2 heterocycles. The maximum Gasteiger partial charge on any atom is 0.416 e. The number of nitrogens with two attached hydrogens (primary N) is 1. The minimum Gasteiger partial charge on any atom is -0.370 e. The van der Waals surface area contributed by atoms with E-state index in [-0.39, 0.29) is 11.8 Å². The van der Waals surface area contributed by atoms with Gasteiger partial charge in [-0.1, -0.05) is 23.7 Å². The fourth-order valence-corrected chi connectivity index (χ4v) is 3.46. The average molecular weight is 384 g/mol. The van der Waals surface area contributed by atoms with E-state index in [1.54, 1.807) is 6.20 Å². The second kappa shape index (κ2) is 7.15. The zero-order chi connectivity index (χ0) is 18.9. The summed E-state index contributed by atoms with van der Waals surface area (Å²) < 4.78 is 38.3. The van der Waals surface area contributed by atoms with E-state index in [4.69, 9.17) is 17.3 Å². The van der Waals surface area contributed by atoms with Gasteiger partial charge in [-0.25, -0.2) is 0 Å². The van der Waals surface area contributed by atoms with Gasteiger partial charge in [0.05, 0.1) is 16.3 Å². The van der Waals surface area contributed by atoms with Gasteiger partial charge in [0, 0.05) is 37.0 Å². The number of pyridine rings is 1. The summed E-state index contributed by atoms with van der Waals surface area (Å²) in [5.41, 5.74) is 6.62. The highest BCUT2D eigenvalue weighted by Gasteiger charge is 2.30. The van der Waals surface area contributed by atoms with Crippen LogP contribution in [0.2, 0.25) is 5.02 Å². The molecule has 8 heteroatoms. The Morgan fingerprint density at radius 1 is 1.15 bits per heavy atom. The first-order chi connectivity index (χ1) is 12.3. The summed E-state index contributed by atoms with van der Waals surface area (Å²) >= 11 is 6.34. The Morgan fingerprint density at radius 3 is 2.31 bits per heavy atom. The molecule has 1 aliphatic rings. The number of nitrogens with zero attached hydrogens (tertiary/aromatic N) is 2. The molecule has 0 saturated carbocycles. The van der Waals surface area contributed by atoms with Crippen LogP contribution < -0.4 is 10.6 Å². The third kappa shape index (κ3) is 3.77. The number of benzene rings is 1. The van der Waals surface area contributed by atoms with Crippen molar-refractivity contribution in [2.45, 2.75) is 19.0 Å². The van der Waals surface area contributed by atoms with E-state index in [2.05, 4.69) is 4.98 Å². The number of carbonyl (C=O) groups excluding carboxylic acids is 1. The topological polar surface area (TPSA) is 59.2 Å². The minimum atomic E-state index is -4.38. The van der Waals surface area contributed by atoms with Gasteiger partial charge >= 0.3 is 6.18 Å². The molecule has 4 nitrogen and oxygen atoms in total. The van der Waals surface area contributed by atoms with Crippen LogP contribution in [0.5, 0.6) is 0 Å². The molecule has 1 saturated heterocycles. The summed E-state index contributed by atoms with van der Waals surface area (Å²) in [5.74, 6) is -0.477. The van der Waals surface area contributed by atoms with Gasteiger partial charge in [-0.15, -0.1) is 0 Å². The summed E-state index contributed by atoms with van der Waals surface area (Å²) in [7, 11) is 0. The molecule has 1 aromatic heterocycles. The molecule has 0 aliphatic carbocycles. The number of halogens is 4. The van der Waals surface area contributed by atoms with Gasteiger partial charge in [0.2, 0.25) is 5.91 Å². The highest BCUT2D eigenvalue weighted by molar-refractivity contribution is 6.33. The third-order valence-electron chi connectivity index (χ3n) is 4.61. The molecule has 0 spiro atoms. The van der Waals surface area contributed by atoms with E-state index in [9.17, 15) is 18.0 Å². The molecule has 1 aliphatic heterocycles. The Balaban J connectivity index is 1.92. The number of rotatable bonds is 3. The number of aromatic nitrogens is 1. The second-order valence-corrected chi connectivity index (χ2v) is 6.66. The summed E-state index contributed by atoms with van der Waals surface area (Å²) in [5, 5.41) is 0.417. The zero-order valence-electron chi connectivity index (χ0n) is 13.8. The van der Waals surface area contributed by atoms with E-state index in [1.807, 2.05) is 4.90 Å². The lowest BCUT2D eigenvalue weighted by Gasteiger charge is -2.34. The number of hydrogen-bond donors (Lipinski definition) is 1. The SMILES string of the molecule is NC(=O)C1CCN(c2c(Cl)cncc2-c2ccc(C(F)(F)F)cc2)CC1. The van der Waals surface area contributed by atoms with Crippen LogP contribution in [0.15, 0.2) is 36.7 Å². The standard InChI is InChI=1S/C18H17ClF3N3O/c19-15-10-24-9-14(11-1-3-13(4-2-11)18(20,21)22)16(15)25-7-5-12(6-8-25)17(23)26/h1-4,9-10,12H,5-8H2,(H2,23,26). The van der Waals surface area contributed by atoms with Gasteiger partial charge in [-0.2, -0.15) is 13.2 Å². The Labute approximate surface area is 153 Å². The number of amides is 1. The number of anilines is 1. The molecule has 26 heavy (non-hydrogen) atoms. The fourth-order valence-electron chi connectivity index (χ4n) is 3.19. The predicted octanol–water partition coefficient (Wildman–Crippen LogP) is 4.12. The molecule has 0 bridgehead atoms. The molecule has 3 rings (SSSR count). The third-order valence-corrected chi connectivity index (χ3v) is 4.89. The second-order valence-electron chi connectivity index (χ2n) is 6.26. The monoisotopic (exact) mass is 383 g/mol. The van der Waals surface area contributed by atoms with Gasteiger partial charge in [0.1, 0.15) is 0 Å². The van der Waals surface area contributed by atoms with Gasteiger partial charge < -0.3 is 10.6 Å². The van der Waals surface area contributed by atoms with E-state index in [0.29, 0.717) is 47.8 Å². The van der Waals surface area contributed by atoms with Crippen LogP contribution in [0.3, 0.4) is 0 Å². The molecule has 138 valence electrons. The number of piperidine rings is 1. The van der Waals surface area contributed by atoms with Gasteiger partial charge in [-0.05, 0) is 30.5 Å². The normalized spacial score (nSPS) is 15.9. The molecular formula is C18H17ClF3N3O. The van der Waals surface area contributed by atoms with Crippen molar-refractivity contribution in [1.82, 2.24) is 4.98 Å². The van der Waals surface area contributed by atoms with Crippen LogP contribution in [-0.2, 0) is 11.0 Å². The molecule has 0 atom stereocenters. The van der Waals surface area contributed by atoms with Crippen molar-refractivity contribution in [3.05, 3.63) is 47.2 Å². The van der Waals surface area contributed by atoms with E-state index in [0.717, 1.165) is 12.1 Å². The maximum atomic E-state index is 12.8. The predicted molar refractivity (Wildman–Crippen MR) is 93.8 cm³/mol. The lowest BCUT2D eigenvalue weighted by Crippen LogP contribution is -2.38. The van der Waals surface area contributed by atoms with Crippen molar-refractivity contribution < 1.29 is 18.0 Å². The smallest absolute Gasteiger partial charge is 0.370 e. The highest BCUT2D eigenvalue weighted by atomic mass is 35.5. The van der Waals surface area contributed by atoms with E-state index in [1.165, 1.54) is 18.3 Å². The number of alkyl halides is 3. The van der Waals surface area contributed by atoms with Gasteiger partial charge in [-0.3, -0.25) is 9.78 Å². The molecular weight excluding hydrogens is 367 g/mol. The van der Waals surface area contributed by atoms with Gasteiger partial charge in [0.25, 0.3) is 0 Å². The quantitative estimate of drug-likeness (QED) is 0.867. The highest BCUT2D eigenvalue weighted by Crippen LogP contribution is 2.39. The summed E-state index contributed by atoms with van der Waals surface area (Å²) in [4.78, 5) is 17.4. The maximum absolute atomic E-state index is 12.8. The van der Waals surface area contributed by atoms with Crippen molar-refractivity contribution in [2.75, 3.05) is 18.0 Å². The van der Waals surface area contributed by atoms with Crippen molar-refractivity contribution in [3.63, 3.8) is 0 Å². The first-order valence-electron chi connectivity index (χ1n) is 8.13. The van der Waals surface area contributed by atoms with Crippen molar-refractivity contribution in [1.29, 1.82) is 0 Å². The molecule has 0 unspecified atom stereocenters. The zero-order valence-corrected chi connectivity index (χ0v) is 14.5. The minimum absolute atomic E-state index is 0.165. The first kappa shape index (κ1) is 18.5. The molecule has 1 aromatic carbocycles. The molecule has 0 radical (unpaired) electrons. The molecule has 1 amide bonds. The largest absolute Gasteiger partial charge is 0.416 e. The lowest BCUT2D eigenvalue weighted by molar-refractivity contribution is -0.137. The molecule has 2 N–H and O–H groups in total. The Bertz CT molecular complexity index is 800. The number of primary amides is 1. The van der Waals surface area contributed by atoms with Crippen molar-refractivity contribution in [3.8, 4) is 11.1 Å². The Kier molecular flexibility index (Phi) is 5.09. The van der Waals surface area contributed by atoms with Gasteiger partial charge in [0.15, 0.2) is 0 Å². The van der Waals surface area contributed by atoms with Crippen molar-refractivity contribution >= 4 is 23.2 Å².